The van der Waals surface area contributed by atoms with Gasteiger partial charge in [-0.05, 0) is 18.4 Å². The molecular weight excluding hydrogens is 340 g/mol. The van der Waals surface area contributed by atoms with Crippen LogP contribution in [0.25, 0.3) is 5.52 Å². The molecule has 0 saturated carbocycles. The number of amides is 1. The second kappa shape index (κ2) is 6.72. The normalized spacial score (nSPS) is 20.7. The zero-order valence-electron chi connectivity index (χ0n) is 14.4. The zero-order chi connectivity index (χ0) is 18.1. The molecule has 6 nitrogen and oxygen atoms in total. The topological polar surface area (TPSA) is 59.7 Å². The molecule has 0 N–H and O–H groups in total. The Morgan fingerprint density at radius 2 is 2.20 bits per heavy atom. The number of fused-ring (bicyclic) bond motifs is 1. The first-order valence-corrected chi connectivity index (χ1v) is 8.44. The molecule has 1 saturated heterocycles. The van der Waals surface area contributed by atoms with E-state index < -0.39 is 12.1 Å². The lowest BCUT2D eigenvalue weighted by Crippen LogP contribution is -2.32. The average Bonchev–Trinajstić information content (AvgIpc) is 3.26. The van der Waals surface area contributed by atoms with Crippen LogP contribution in [0.15, 0.2) is 48.9 Å². The fraction of sp³-hybridized carbons (Fsp3) is 0.278. The minimum absolute atomic E-state index is 0.171. The van der Waals surface area contributed by atoms with E-state index in [-0.39, 0.29) is 6.61 Å². The van der Waals surface area contributed by atoms with E-state index in [1.54, 1.807) is 23.0 Å². The summed E-state index contributed by atoms with van der Waals surface area (Å²) in [4.78, 5) is 22.5. The summed E-state index contributed by atoms with van der Waals surface area (Å²) in [5.74, 6) is 0.436. The minimum atomic E-state index is -1.30. The first kappa shape index (κ1) is 14.7. The minimum Gasteiger partial charge on any atom is -0.445 e. The third kappa shape index (κ3) is 3.05. The highest BCUT2D eigenvalue weighted by Crippen LogP contribution is 2.32. The number of rotatable bonds is 3. The zero-order valence-corrected chi connectivity index (χ0v) is 14.2. The number of likely N-dealkylation sites (tertiary alicyclic amines) is 1. The van der Waals surface area contributed by atoms with Crippen molar-refractivity contribution in [1.82, 2.24) is 19.3 Å². The van der Waals surface area contributed by atoms with Crippen LogP contribution in [-0.4, -0.2) is 31.9 Å². The number of hydrogen-bond donors (Lipinski definition) is 0. The molecule has 4 rings (SSSR count). The molecule has 1 atom stereocenters. The predicted molar refractivity (Wildman–Crippen MR) is 93.3 cm³/mol. The molecule has 0 radical (unpaired) electrons. The summed E-state index contributed by atoms with van der Waals surface area (Å²) in [6.45, 7) is 0.620. The van der Waals surface area contributed by atoms with Gasteiger partial charge in [-0.2, -0.15) is 0 Å². The first-order valence-electron chi connectivity index (χ1n) is 8.56. The molecule has 25 heavy (non-hydrogen) atoms. The van der Waals surface area contributed by atoms with E-state index >= 15 is 0 Å². The van der Waals surface area contributed by atoms with Crippen molar-refractivity contribution in [3.63, 3.8) is 0 Å². The lowest BCUT2D eigenvalue weighted by molar-refractivity contribution is 0.0908. The van der Waals surface area contributed by atoms with Gasteiger partial charge in [0.05, 0.1) is 13.6 Å². The molecule has 128 valence electrons. The van der Waals surface area contributed by atoms with Crippen LogP contribution in [0.3, 0.4) is 0 Å². The van der Waals surface area contributed by atoms with Crippen molar-refractivity contribution in [2.75, 3.05) is 6.54 Å². The van der Waals surface area contributed by atoms with Gasteiger partial charge < -0.3 is 4.74 Å². The van der Waals surface area contributed by atoms with Crippen molar-refractivity contribution < 1.29 is 10.9 Å². The van der Waals surface area contributed by atoms with Gasteiger partial charge in [-0.15, -0.1) is 0 Å². The fourth-order valence-electron chi connectivity index (χ4n) is 3.02. The van der Waals surface area contributed by atoms with Crippen molar-refractivity contribution in [3.05, 3.63) is 65.5 Å². The van der Waals surface area contributed by atoms with Gasteiger partial charge >= 0.3 is 6.09 Å². The van der Waals surface area contributed by atoms with Gasteiger partial charge in [-0.25, -0.2) is 14.8 Å². The van der Waals surface area contributed by atoms with E-state index in [1.165, 1.54) is 4.90 Å². The van der Waals surface area contributed by atoms with Crippen LogP contribution in [0, 0.1) is 0 Å². The molecule has 1 aliphatic heterocycles. The molecule has 1 aliphatic rings. The lowest BCUT2D eigenvalue weighted by atomic mass is 10.2. The summed E-state index contributed by atoms with van der Waals surface area (Å²) in [7, 11) is 0. The van der Waals surface area contributed by atoms with Crippen molar-refractivity contribution in [2.24, 2.45) is 0 Å². The lowest BCUT2D eigenvalue weighted by Gasteiger charge is -2.23. The molecule has 7 heteroatoms. The third-order valence-corrected chi connectivity index (χ3v) is 4.51. The number of benzene rings is 1. The Balaban J connectivity index is 1.60. The maximum Gasteiger partial charge on any atom is 0.410 e. The number of carbonyl (C=O) groups is 1. The number of ether oxygens (including phenoxy) is 1. The van der Waals surface area contributed by atoms with Crippen molar-refractivity contribution in [1.29, 1.82) is 0 Å². The van der Waals surface area contributed by atoms with Gasteiger partial charge in [0.15, 0.2) is 5.15 Å². The molecule has 0 aliphatic carbocycles. The van der Waals surface area contributed by atoms with Crippen LogP contribution in [-0.2, 0) is 11.3 Å². The smallest absolute Gasteiger partial charge is 0.410 e. The number of nitrogens with zero attached hydrogens (tertiary/aromatic N) is 4. The van der Waals surface area contributed by atoms with Crippen LogP contribution in [0.5, 0.6) is 0 Å². The summed E-state index contributed by atoms with van der Waals surface area (Å²) in [6.07, 6.45) is 5.50. The van der Waals surface area contributed by atoms with Crippen molar-refractivity contribution >= 4 is 23.2 Å². The monoisotopic (exact) mass is 357 g/mol. The van der Waals surface area contributed by atoms with Crippen LogP contribution in [0.2, 0.25) is 5.15 Å². The molecule has 0 bridgehead atoms. The van der Waals surface area contributed by atoms with Crippen molar-refractivity contribution in [2.45, 2.75) is 25.5 Å². The number of hydrogen-bond acceptors (Lipinski definition) is 4. The van der Waals surface area contributed by atoms with E-state index in [1.807, 2.05) is 30.3 Å². The summed E-state index contributed by atoms with van der Waals surface area (Å²) < 4.78 is 16.1. The maximum atomic E-state index is 12.6. The Morgan fingerprint density at radius 1 is 1.36 bits per heavy atom. The molecule has 1 amide bonds. The predicted octanol–water partition coefficient (Wildman–Crippen LogP) is 3.86. The van der Waals surface area contributed by atoms with E-state index in [2.05, 4.69) is 9.97 Å². The third-order valence-electron chi connectivity index (χ3n) is 4.22. The van der Waals surface area contributed by atoms with Crippen LogP contribution >= 0.6 is 11.6 Å². The van der Waals surface area contributed by atoms with Crippen LogP contribution < -0.4 is 0 Å². The average molecular weight is 358 g/mol. The molecule has 1 fully saturated rings. The van der Waals surface area contributed by atoms with Gasteiger partial charge in [-0.1, -0.05) is 41.9 Å². The number of carbonyl (C=O) groups excluding carboxylic acids is 1. The highest BCUT2D eigenvalue weighted by atomic mass is 35.5. The molecule has 0 spiro atoms. The van der Waals surface area contributed by atoms with Gasteiger partial charge in [0.25, 0.3) is 0 Å². The SMILES string of the molecule is [2H][C@@]1(c2ncc3c(Cl)nccn23)CCCN1C(=O)OCc1ccccc1. The molecule has 0 unspecified atom stereocenters. The molecular formula is C18H17ClN4O2. The fourth-order valence-corrected chi connectivity index (χ4v) is 3.21. The van der Waals surface area contributed by atoms with E-state index in [4.69, 9.17) is 17.7 Å². The van der Waals surface area contributed by atoms with Gasteiger partial charge in [0, 0.05) is 18.9 Å². The Kier molecular flexibility index (Phi) is 3.96. The Bertz CT molecular complexity index is 949. The Morgan fingerprint density at radius 3 is 3.04 bits per heavy atom. The second-order valence-electron chi connectivity index (χ2n) is 5.80. The standard InChI is InChI=1S/C18H17ClN4O2/c19-16-15-11-21-17(22(15)10-8-20-16)14-7-4-9-23(14)18(24)25-12-13-5-2-1-3-6-13/h1-3,5-6,8,10-11,14H,4,7,9,12H2/t14-/m0/s1/i14D. The van der Waals surface area contributed by atoms with Crippen LogP contribution in [0.1, 0.15) is 31.6 Å². The van der Waals surface area contributed by atoms with E-state index in [0.29, 0.717) is 35.9 Å². The number of aromatic nitrogens is 3. The molecule has 1 aromatic carbocycles. The highest BCUT2D eigenvalue weighted by molar-refractivity contribution is 6.32. The Hall–Kier alpha value is -2.60. The van der Waals surface area contributed by atoms with Gasteiger partial charge in [0.2, 0.25) is 0 Å². The van der Waals surface area contributed by atoms with Crippen LogP contribution in [0.4, 0.5) is 4.79 Å². The molecule has 3 heterocycles. The largest absolute Gasteiger partial charge is 0.445 e. The summed E-state index contributed by atoms with van der Waals surface area (Å²) in [5.41, 5.74) is 1.51. The van der Waals surface area contributed by atoms with E-state index in [9.17, 15) is 4.79 Å². The molecule has 2 aromatic heterocycles. The number of halogens is 1. The molecule has 3 aromatic rings. The first-order chi connectivity index (χ1) is 12.6. The number of imidazole rings is 1. The Labute approximate surface area is 151 Å². The summed E-state index contributed by atoms with van der Waals surface area (Å²) >= 11 is 6.10. The van der Waals surface area contributed by atoms with Gasteiger partial charge in [0.1, 0.15) is 17.9 Å². The van der Waals surface area contributed by atoms with E-state index in [0.717, 1.165) is 5.56 Å². The summed E-state index contributed by atoms with van der Waals surface area (Å²) in [5, 5.41) is 0.311. The highest BCUT2D eigenvalue weighted by Gasteiger charge is 2.34. The summed E-state index contributed by atoms with van der Waals surface area (Å²) in [6, 6.07) is 8.17. The second-order valence-corrected chi connectivity index (χ2v) is 6.16. The quantitative estimate of drug-likeness (QED) is 0.714. The maximum absolute atomic E-state index is 12.6. The van der Waals surface area contributed by atoms with Gasteiger partial charge in [-0.3, -0.25) is 9.30 Å². The van der Waals surface area contributed by atoms with Crippen molar-refractivity contribution in [3.8, 4) is 0 Å².